The zero-order valence-corrected chi connectivity index (χ0v) is 12.7. The lowest BCUT2D eigenvalue weighted by Gasteiger charge is -2.04. The van der Waals surface area contributed by atoms with Crippen LogP contribution in [-0.2, 0) is 13.0 Å². The normalized spacial score (nSPS) is 10.4. The highest BCUT2D eigenvalue weighted by atomic mass is 127. The van der Waals surface area contributed by atoms with E-state index in [1.807, 2.05) is 25.1 Å². The molecule has 1 aromatic carbocycles. The number of rotatable bonds is 5. The fourth-order valence-electron chi connectivity index (χ4n) is 1.58. The molecule has 0 aliphatic heterocycles. The molecule has 5 nitrogen and oxygen atoms in total. The van der Waals surface area contributed by atoms with Gasteiger partial charge in [-0.3, -0.25) is 4.79 Å². The second-order valence-corrected chi connectivity index (χ2v) is 5.18. The number of carbonyl (C=O) groups is 1. The first-order chi connectivity index (χ1) is 9.20. The average molecular weight is 371 g/mol. The number of benzene rings is 1. The Morgan fingerprint density at radius 2 is 2.21 bits per heavy atom. The molecule has 1 aromatic heterocycles. The lowest BCUT2D eigenvalue weighted by molar-refractivity contribution is 0.0948. The second kappa shape index (κ2) is 6.65. The highest BCUT2D eigenvalue weighted by Gasteiger charge is 2.11. The minimum Gasteiger partial charge on any atom is -0.345 e. The highest BCUT2D eigenvalue weighted by molar-refractivity contribution is 14.1. The summed E-state index contributed by atoms with van der Waals surface area (Å²) in [7, 11) is 0. The molecule has 6 heteroatoms. The summed E-state index contributed by atoms with van der Waals surface area (Å²) in [4.78, 5) is 16.2. The van der Waals surface area contributed by atoms with Crippen LogP contribution in [0.1, 0.15) is 35.4 Å². The number of nitrogens with zero attached hydrogens (tertiary/aromatic N) is 2. The van der Waals surface area contributed by atoms with Crippen molar-refractivity contribution in [2.45, 2.75) is 26.3 Å². The molecule has 0 radical (unpaired) electrons. The molecule has 100 valence electrons. The SMILES string of the molecule is CCCc1nc(CNC(=O)c2ccccc2I)no1. The summed E-state index contributed by atoms with van der Waals surface area (Å²) in [6.45, 7) is 2.32. The smallest absolute Gasteiger partial charge is 0.252 e. The molecule has 19 heavy (non-hydrogen) atoms. The summed E-state index contributed by atoms with van der Waals surface area (Å²) in [6.07, 6.45) is 1.72. The van der Waals surface area contributed by atoms with Crippen molar-refractivity contribution in [2.24, 2.45) is 0 Å². The first-order valence-electron chi connectivity index (χ1n) is 6.05. The zero-order chi connectivity index (χ0) is 13.7. The molecule has 2 aromatic rings. The van der Waals surface area contributed by atoms with Gasteiger partial charge in [0.2, 0.25) is 5.89 Å². The second-order valence-electron chi connectivity index (χ2n) is 4.02. The number of amides is 1. The molecule has 2 rings (SSSR count). The van der Waals surface area contributed by atoms with Gasteiger partial charge < -0.3 is 9.84 Å². The number of carbonyl (C=O) groups excluding carboxylic acids is 1. The van der Waals surface area contributed by atoms with Crippen LogP contribution in [0.25, 0.3) is 0 Å². The zero-order valence-electron chi connectivity index (χ0n) is 10.5. The summed E-state index contributed by atoms with van der Waals surface area (Å²) in [5.41, 5.74) is 0.653. The number of aryl methyl sites for hydroxylation is 1. The van der Waals surface area contributed by atoms with Crippen LogP contribution in [0, 0.1) is 3.57 Å². The minimum absolute atomic E-state index is 0.133. The lowest BCUT2D eigenvalue weighted by Crippen LogP contribution is -2.24. The fraction of sp³-hybridized carbons (Fsp3) is 0.308. The molecule has 0 aliphatic rings. The van der Waals surface area contributed by atoms with Gasteiger partial charge in [-0.1, -0.05) is 24.2 Å². The summed E-state index contributed by atoms with van der Waals surface area (Å²) in [6, 6.07) is 7.42. The third-order valence-corrected chi connectivity index (χ3v) is 3.44. The van der Waals surface area contributed by atoms with Gasteiger partial charge in [0, 0.05) is 9.99 Å². The molecule has 0 saturated carbocycles. The summed E-state index contributed by atoms with van der Waals surface area (Å²) >= 11 is 2.13. The summed E-state index contributed by atoms with van der Waals surface area (Å²) in [5, 5.41) is 6.60. The van der Waals surface area contributed by atoms with Crippen LogP contribution in [0.3, 0.4) is 0 Å². The van der Waals surface area contributed by atoms with Crippen molar-refractivity contribution in [1.82, 2.24) is 15.5 Å². The average Bonchev–Trinajstić information content (AvgIpc) is 2.85. The van der Waals surface area contributed by atoms with E-state index in [0.29, 0.717) is 17.3 Å². The van der Waals surface area contributed by atoms with E-state index >= 15 is 0 Å². The molecule has 0 aliphatic carbocycles. The summed E-state index contributed by atoms with van der Waals surface area (Å²) in [5.74, 6) is 0.982. The third kappa shape index (κ3) is 3.76. The summed E-state index contributed by atoms with van der Waals surface area (Å²) < 4.78 is 5.97. The Labute approximate surface area is 124 Å². The van der Waals surface area contributed by atoms with Gasteiger partial charge in [-0.25, -0.2) is 0 Å². The van der Waals surface area contributed by atoms with Crippen molar-refractivity contribution in [1.29, 1.82) is 0 Å². The number of nitrogens with one attached hydrogen (secondary N) is 1. The molecule has 1 amide bonds. The lowest BCUT2D eigenvalue weighted by atomic mass is 10.2. The molecular formula is C13H14IN3O2. The number of halogens is 1. The Kier molecular flexibility index (Phi) is 4.89. The van der Waals surface area contributed by atoms with Gasteiger partial charge in [0.1, 0.15) is 0 Å². The van der Waals surface area contributed by atoms with Gasteiger partial charge in [-0.2, -0.15) is 4.98 Å². The van der Waals surface area contributed by atoms with Crippen molar-refractivity contribution in [3.63, 3.8) is 0 Å². The largest absolute Gasteiger partial charge is 0.345 e. The van der Waals surface area contributed by atoms with E-state index in [1.54, 1.807) is 6.07 Å². The maximum absolute atomic E-state index is 12.0. The van der Waals surface area contributed by atoms with Crippen molar-refractivity contribution in [2.75, 3.05) is 0 Å². The van der Waals surface area contributed by atoms with Gasteiger partial charge in [-0.15, -0.1) is 0 Å². The van der Waals surface area contributed by atoms with E-state index in [-0.39, 0.29) is 12.5 Å². The number of aromatic nitrogens is 2. The molecule has 0 saturated heterocycles. The van der Waals surface area contributed by atoms with Crippen molar-refractivity contribution in [3.8, 4) is 0 Å². The molecule has 1 heterocycles. The van der Waals surface area contributed by atoms with E-state index in [2.05, 4.69) is 38.0 Å². The van der Waals surface area contributed by atoms with Gasteiger partial charge in [0.15, 0.2) is 5.82 Å². The van der Waals surface area contributed by atoms with Crippen molar-refractivity contribution < 1.29 is 9.32 Å². The van der Waals surface area contributed by atoms with Crippen molar-refractivity contribution in [3.05, 3.63) is 45.1 Å². The standard InChI is InChI=1S/C13H14IN3O2/c1-2-5-12-16-11(17-19-12)8-15-13(18)9-6-3-4-7-10(9)14/h3-4,6-7H,2,5,8H2,1H3,(H,15,18). The monoisotopic (exact) mass is 371 g/mol. The Morgan fingerprint density at radius 1 is 1.42 bits per heavy atom. The molecule has 0 bridgehead atoms. The van der Waals surface area contributed by atoms with Crippen LogP contribution >= 0.6 is 22.6 Å². The number of hydrogen-bond acceptors (Lipinski definition) is 4. The quantitative estimate of drug-likeness (QED) is 0.821. The van der Waals surface area contributed by atoms with Gasteiger partial charge in [-0.05, 0) is 41.1 Å². The van der Waals surface area contributed by atoms with E-state index in [0.717, 1.165) is 16.4 Å². The minimum atomic E-state index is -0.133. The number of hydrogen-bond donors (Lipinski definition) is 1. The first-order valence-corrected chi connectivity index (χ1v) is 7.12. The molecule has 0 atom stereocenters. The van der Waals surface area contributed by atoms with Crippen LogP contribution in [-0.4, -0.2) is 16.0 Å². The Balaban J connectivity index is 1.95. The van der Waals surface area contributed by atoms with E-state index < -0.39 is 0 Å². The highest BCUT2D eigenvalue weighted by Crippen LogP contribution is 2.11. The molecule has 0 spiro atoms. The van der Waals surface area contributed by atoms with Crippen LogP contribution in [0.2, 0.25) is 0 Å². The van der Waals surface area contributed by atoms with E-state index in [9.17, 15) is 4.79 Å². The maximum Gasteiger partial charge on any atom is 0.252 e. The molecule has 1 N–H and O–H groups in total. The topological polar surface area (TPSA) is 68.0 Å². The van der Waals surface area contributed by atoms with Crippen LogP contribution in [0.4, 0.5) is 0 Å². The third-order valence-electron chi connectivity index (χ3n) is 2.50. The van der Waals surface area contributed by atoms with Gasteiger partial charge in [0.05, 0.1) is 12.1 Å². The first kappa shape index (κ1) is 14.0. The molecular weight excluding hydrogens is 357 g/mol. The van der Waals surface area contributed by atoms with Gasteiger partial charge >= 0.3 is 0 Å². The van der Waals surface area contributed by atoms with Crippen LogP contribution in [0.15, 0.2) is 28.8 Å². The Morgan fingerprint density at radius 3 is 2.95 bits per heavy atom. The Hall–Kier alpha value is -1.44. The van der Waals surface area contributed by atoms with E-state index in [4.69, 9.17) is 4.52 Å². The van der Waals surface area contributed by atoms with Crippen LogP contribution < -0.4 is 5.32 Å². The fourth-order valence-corrected chi connectivity index (χ4v) is 2.21. The molecule has 0 fully saturated rings. The predicted octanol–water partition coefficient (Wildman–Crippen LogP) is 2.56. The van der Waals surface area contributed by atoms with Gasteiger partial charge in [0.25, 0.3) is 5.91 Å². The maximum atomic E-state index is 12.0. The van der Waals surface area contributed by atoms with Crippen molar-refractivity contribution >= 4 is 28.5 Å². The van der Waals surface area contributed by atoms with Crippen LogP contribution in [0.5, 0.6) is 0 Å². The molecule has 0 unspecified atom stereocenters. The predicted molar refractivity (Wildman–Crippen MR) is 78.6 cm³/mol. The Bertz CT molecular complexity index is 569. The van der Waals surface area contributed by atoms with E-state index in [1.165, 1.54) is 0 Å².